The van der Waals surface area contributed by atoms with Crippen LogP contribution in [0.2, 0.25) is 5.02 Å². The van der Waals surface area contributed by atoms with E-state index in [4.69, 9.17) is 21.1 Å². The van der Waals surface area contributed by atoms with Crippen molar-refractivity contribution in [1.82, 2.24) is 5.32 Å². The summed E-state index contributed by atoms with van der Waals surface area (Å²) in [6, 6.07) is 3.55. The number of ether oxygens (including phenoxy) is 2. The Morgan fingerprint density at radius 3 is 2.73 bits per heavy atom. The van der Waals surface area contributed by atoms with E-state index in [-0.39, 0.29) is 11.9 Å². The third kappa shape index (κ3) is 3.86. The molecule has 2 atom stereocenters. The van der Waals surface area contributed by atoms with Gasteiger partial charge in [0.2, 0.25) is 0 Å². The molecule has 1 N–H and O–H groups in total. The molecule has 4 nitrogen and oxygen atoms in total. The normalized spacial score (nSPS) is 21.3. The molecule has 122 valence electrons. The van der Waals surface area contributed by atoms with Crippen LogP contribution in [0, 0.1) is 5.92 Å². The Bertz CT molecular complexity index is 533. The number of methoxy groups -OCH3 is 1. The number of carbonyl (C=O) groups is 1. The molecule has 1 amide bonds. The number of nitrogens with one attached hydrogen (secondary N) is 1. The van der Waals surface area contributed by atoms with Gasteiger partial charge in [-0.3, -0.25) is 4.79 Å². The van der Waals surface area contributed by atoms with Crippen LogP contribution in [0.4, 0.5) is 0 Å². The lowest BCUT2D eigenvalue weighted by molar-refractivity contribution is 0.0910. The minimum absolute atomic E-state index is 0.109. The summed E-state index contributed by atoms with van der Waals surface area (Å²) in [4.78, 5) is 12.5. The molecule has 0 radical (unpaired) electrons. The van der Waals surface area contributed by atoms with Crippen LogP contribution >= 0.6 is 11.6 Å². The number of rotatable bonds is 5. The monoisotopic (exact) mass is 325 g/mol. The van der Waals surface area contributed by atoms with Crippen molar-refractivity contribution >= 4 is 17.5 Å². The number of benzene rings is 1. The first-order valence-corrected chi connectivity index (χ1v) is 8.25. The van der Waals surface area contributed by atoms with Gasteiger partial charge in [-0.05, 0) is 37.8 Å². The van der Waals surface area contributed by atoms with Crippen molar-refractivity contribution in [3.05, 3.63) is 22.7 Å². The maximum atomic E-state index is 12.5. The number of halogens is 1. The summed E-state index contributed by atoms with van der Waals surface area (Å²) in [5, 5.41) is 3.51. The first-order valence-electron chi connectivity index (χ1n) is 7.88. The average Bonchev–Trinajstić information content (AvgIpc) is 2.51. The second-order valence-electron chi connectivity index (χ2n) is 5.76. The van der Waals surface area contributed by atoms with Gasteiger partial charge in [0.15, 0.2) is 11.5 Å². The third-order valence-electron chi connectivity index (χ3n) is 4.21. The van der Waals surface area contributed by atoms with Crippen molar-refractivity contribution < 1.29 is 14.3 Å². The molecule has 5 heteroatoms. The van der Waals surface area contributed by atoms with E-state index < -0.39 is 0 Å². The molecule has 1 saturated carbocycles. The van der Waals surface area contributed by atoms with Crippen LogP contribution in [-0.4, -0.2) is 25.7 Å². The van der Waals surface area contributed by atoms with Crippen LogP contribution in [0.5, 0.6) is 11.5 Å². The number of carbonyl (C=O) groups excluding carboxylic acids is 1. The van der Waals surface area contributed by atoms with E-state index >= 15 is 0 Å². The van der Waals surface area contributed by atoms with Crippen LogP contribution in [-0.2, 0) is 0 Å². The molecule has 0 bridgehead atoms. The molecule has 22 heavy (non-hydrogen) atoms. The van der Waals surface area contributed by atoms with Crippen LogP contribution in [0.1, 0.15) is 49.9 Å². The van der Waals surface area contributed by atoms with Gasteiger partial charge in [0.05, 0.1) is 18.7 Å². The van der Waals surface area contributed by atoms with E-state index in [1.54, 1.807) is 19.2 Å². The van der Waals surface area contributed by atoms with Crippen molar-refractivity contribution in [2.45, 2.75) is 45.6 Å². The van der Waals surface area contributed by atoms with Gasteiger partial charge in [0.1, 0.15) is 0 Å². The van der Waals surface area contributed by atoms with E-state index in [2.05, 4.69) is 12.2 Å². The topological polar surface area (TPSA) is 47.6 Å². The summed E-state index contributed by atoms with van der Waals surface area (Å²) < 4.78 is 10.8. The third-order valence-corrected chi connectivity index (χ3v) is 4.49. The molecule has 1 aromatic rings. The van der Waals surface area contributed by atoms with Crippen LogP contribution < -0.4 is 14.8 Å². The summed E-state index contributed by atoms with van der Waals surface area (Å²) in [5.41, 5.74) is 0.503. The van der Waals surface area contributed by atoms with Crippen LogP contribution in [0.3, 0.4) is 0 Å². The van der Waals surface area contributed by atoms with E-state index in [9.17, 15) is 4.79 Å². The van der Waals surface area contributed by atoms with E-state index in [0.29, 0.717) is 34.6 Å². The fourth-order valence-corrected chi connectivity index (χ4v) is 3.18. The maximum absolute atomic E-state index is 12.5. The molecule has 2 unspecified atom stereocenters. The zero-order valence-electron chi connectivity index (χ0n) is 13.4. The lowest BCUT2D eigenvalue weighted by atomic mass is 9.86. The first-order chi connectivity index (χ1) is 10.6. The highest BCUT2D eigenvalue weighted by molar-refractivity contribution is 6.32. The van der Waals surface area contributed by atoms with E-state index in [1.807, 2.05) is 6.92 Å². The Kier molecular flexibility index (Phi) is 5.95. The second kappa shape index (κ2) is 7.73. The smallest absolute Gasteiger partial charge is 0.251 e. The number of amides is 1. The average molecular weight is 326 g/mol. The van der Waals surface area contributed by atoms with Gasteiger partial charge in [-0.15, -0.1) is 0 Å². The molecule has 0 heterocycles. The Hall–Kier alpha value is -1.42. The summed E-state index contributed by atoms with van der Waals surface area (Å²) in [6.07, 6.45) is 4.62. The minimum atomic E-state index is -0.109. The quantitative estimate of drug-likeness (QED) is 0.888. The molecule has 1 aliphatic carbocycles. The van der Waals surface area contributed by atoms with Crippen molar-refractivity contribution in [2.24, 2.45) is 5.92 Å². The molecular formula is C17H24ClNO3. The molecule has 1 aromatic carbocycles. The summed E-state index contributed by atoms with van der Waals surface area (Å²) in [7, 11) is 1.54. The Morgan fingerprint density at radius 2 is 2.09 bits per heavy atom. The highest BCUT2D eigenvalue weighted by atomic mass is 35.5. The van der Waals surface area contributed by atoms with E-state index in [0.717, 1.165) is 12.8 Å². The zero-order chi connectivity index (χ0) is 16.1. The Labute approximate surface area is 137 Å². The predicted octanol–water partition coefficient (Wildman–Crippen LogP) is 4.06. The first kappa shape index (κ1) is 16.9. The van der Waals surface area contributed by atoms with Crippen molar-refractivity contribution in [3.63, 3.8) is 0 Å². The summed E-state index contributed by atoms with van der Waals surface area (Å²) in [6.45, 7) is 4.55. The summed E-state index contributed by atoms with van der Waals surface area (Å²) in [5.74, 6) is 1.37. The Morgan fingerprint density at radius 1 is 1.36 bits per heavy atom. The van der Waals surface area contributed by atoms with Gasteiger partial charge in [-0.1, -0.05) is 31.4 Å². The molecule has 2 rings (SSSR count). The summed E-state index contributed by atoms with van der Waals surface area (Å²) >= 11 is 6.22. The maximum Gasteiger partial charge on any atom is 0.251 e. The van der Waals surface area contributed by atoms with Crippen LogP contribution in [0.15, 0.2) is 12.1 Å². The molecule has 0 aromatic heterocycles. The van der Waals surface area contributed by atoms with Gasteiger partial charge >= 0.3 is 0 Å². The predicted molar refractivity (Wildman–Crippen MR) is 88.1 cm³/mol. The largest absolute Gasteiger partial charge is 0.493 e. The number of hydrogen-bond donors (Lipinski definition) is 1. The standard InChI is InChI=1S/C17H24ClNO3/c1-4-22-16-13(18)9-12(10-15(16)21-3)17(20)19-14-8-6-5-7-11(14)2/h9-11,14H,4-8H2,1-3H3,(H,19,20). The second-order valence-corrected chi connectivity index (χ2v) is 6.17. The van der Waals surface area contributed by atoms with Crippen molar-refractivity contribution in [1.29, 1.82) is 0 Å². The highest BCUT2D eigenvalue weighted by Gasteiger charge is 2.24. The fraction of sp³-hybridized carbons (Fsp3) is 0.588. The van der Waals surface area contributed by atoms with Crippen LogP contribution in [0.25, 0.3) is 0 Å². The molecule has 0 spiro atoms. The van der Waals surface area contributed by atoms with Gasteiger partial charge < -0.3 is 14.8 Å². The lowest BCUT2D eigenvalue weighted by Gasteiger charge is -2.29. The minimum Gasteiger partial charge on any atom is -0.493 e. The number of hydrogen-bond acceptors (Lipinski definition) is 3. The fourth-order valence-electron chi connectivity index (χ4n) is 2.92. The Balaban J connectivity index is 2.17. The van der Waals surface area contributed by atoms with Gasteiger partial charge in [0.25, 0.3) is 5.91 Å². The van der Waals surface area contributed by atoms with Crippen molar-refractivity contribution in [2.75, 3.05) is 13.7 Å². The molecule has 0 aliphatic heterocycles. The SMILES string of the molecule is CCOc1c(Cl)cc(C(=O)NC2CCCCC2C)cc1OC. The zero-order valence-corrected chi connectivity index (χ0v) is 14.2. The molecular weight excluding hydrogens is 302 g/mol. The van der Waals surface area contributed by atoms with Gasteiger partial charge in [-0.25, -0.2) is 0 Å². The molecule has 0 saturated heterocycles. The van der Waals surface area contributed by atoms with Crippen molar-refractivity contribution in [3.8, 4) is 11.5 Å². The molecule has 1 aliphatic rings. The lowest BCUT2D eigenvalue weighted by Crippen LogP contribution is -2.41. The van der Waals surface area contributed by atoms with E-state index in [1.165, 1.54) is 12.8 Å². The van der Waals surface area contributed by atoms with Gasteiger partial charge in [-0.2, -0.15) is 0 Å². The van der Waals surface area contributed by atoms with Gasteiger partial charge in [0, 0.05) is 11.6 Å². The molecule has 1 fully saturated rings. The highest BCUT2D eigenvalue weighted by Crippen LogP contribution is 2.36.